The SMILES string of the molecule is CC(=O)C(C)C(=O)Nc1ccccc1C. The van der Waals surface area contributed by atoms with Gasteiger partial charge in [-0.3, -0.25) is 9.59 Å². The molecule has 3 nitrogen and oxygen atoms in total. The van der Waals surface area contributed by atoms with Crippen molar-refractivity contribution < 1.29 is 9.59 Å². The molecule has 0 aromatic heterocycles. The fraction of sp³-hybridized carbons (Fsp3) is 0.333. The van der Waals surface area contributed by atoms with Gasteiger partial charge in [0.1, 0.15) is 5.78 Å². The van der Waals surface area contributed by atoms with Gasteiger partial charge in [-0.1, -0.05) is 18.2 Å². The van der Waals surface area contributed by atoms with E-state index in [0.717, 1.165) is 11.3 Å². The molecule has 1 aromatic carbocycles. The van der Waals surface area contributed by atoms with E-state index in [2.05, 4.69) is 5.32 Å². The Morgan fingerprint density at radius 1 is 1.27 bits per heavy atom. The number of anilines is 1. The molecule has 0 aliphatic carbocycles. The van der Waals surface area contributed by atoms with Crippen molar-refractivity contribution in [2.75, 3.05) is 5.32 Å². The molecule has 0 fully saturated rings. The van der Waals surface area contributed by atoms with E-state index in [1.54, 1.807) is 6.92 Å². The van der Waals surface area contributed by atoms with Crippen molar-refractivity contribution >= 4 is 17.4 Å². The van der Waals surface area contributed by atoms with Crippen molar-refractivity contribution in [1.82, 2.24) is 0 Å². The van der Waals surface area contributed by atoms with Gasteiger partial charge in [-0.2, -0.15) is 0 Å². The third-order valence-electron chi connectivity index (χ3n) is 2.41. The third kappa shape index (κ3) is 2.91. The summed E-state index contributed by atoms with van der Waals surface area (Å²) in [5.41, 5.74) is 1.75. The van der Waals surface area contributed by atoms with Crippen LogP contribution in [-0.2, 0) is 9.59 Å². The summed E-state index contributed by atoms with van der Waals surface area (Å²) in [4.78, 5) is 22.6. The molecule has 0 saturated heterocycles. The molecule has 0 bridgehead atoms. The molecule has 1 amide bonds. The van der Waals surface area contributed by atoms with Crippen LogP contribution in [0.3, 0.4) is 0 Å². The average Bonchev–Trinajstić information content (AvgIpc) is 2.20. The van der Waals surface area contributed by atoms with E-state index in [1.807, 2.05) is 31.2 Å². The number of nitrogens with one attached hydrogen (secondary N) is 1. The van der Waals surface area contributed by atoms with E-state index >= 15 is 0 Å². The third-order valence-corrected chi connectivity index (χ3v) is 2.41. The van der Waals surface area contributed by atoms with Gasteiger partial charge in [0.2, 0.25) is 5.91 Å². The summed E-state index contributed by atoms with van der Waals surface area (Å²) >= 11 is 0. The van der Waals surface area contributed by atoms with Crippen molar-refractivity contribution in [2.45, 2.75) is 20.8 Å². The summed E-state index contributed by atoms with van der Waals surface area (Å²) < 4.78 is 0. The smallest absolute Gasteiger partial charge is 0.234 e. The Kier molecular flexibility index (Phi) is 3.61. The number of hydrogen-bond donors (Lipinski definition) is 1. The van der Waals surface area contributed by atoms with Gasteiger partial charge in [0, 0.05) is 5.69 Å². The van der Waals surface area contributed by atoms with E-state index in [0.29, 0.717) is 0 Å². The van der Waals surface area contributed by atoms with Crippen LogP contribution < -0.4 is 5.32 Å². The lowest BCUT2D eigenvalue weighted by Crippen LogP contribution is -2.25. The van der Waals surface area contributed by atoms with Crippen molar-refractivity contribution in [3.05, 3.63) is 29.8 Å². The molecule has 0 spiro atoms. The summed E-state index contributed by atoms with van der Waals surface area (Å²) in [7, 11) is 0. The first kappa shape index (κ1) is 11.4. The van der Waals surface area contributed by atoms with E-state index in [-0.39, 0.29) is 11.7 Å². The maximum absolute atomic E-state index is 11.6. The molecule has 80 valence electrons. The van der Waals surface area contributed by atoms with Crippen LogP contribution in [0.1, 0.15) is 19.4 Å². The normalized spacial score (nSPS) is 11.9. The van der Waals surface area contributed by atoms with Gasteiger partial charge >= 0.3 is 0 Å². The van der Waals surface area contributed by atoms with Gasteiger partial charge in [-0.05, 0) is 32.4 Å². The molecule has 1 rings (SSSR count). The average molecular weight is 205 g/mol. The van der Waals surface area contributed by atoms with Crippen LogP contribution in [-0.4, -0.2) is 11.7 Å². The highest BCUT2D eigenvalue weighted by molar-refractivity contribution is 6.06. The minimum absolute atomic E-state index is 0.124. The van der Waals surface area contributed by atoms with Crippen molar-refractivity contribution in [1.29, 1.82) is 0 Å². The van der Waals surface area contributed by atoms with Crippen LogP contribution in [0, 0.1) is 12.8 Å². The fourth-order valence-electron chi connectivity index (χ4n) is 1.14. The van der Waals surface area contributed by atoms with Crippen LogP contribution >= 0.6 is 0 Å². The highest BCUT2D eigenvalue weighted by Crippen LogP contribution is 2.14. The second-order valence-corrected chi connectivity index (χ2v) is 3.64. The van der Waals surface area contributed by atoms with E-state index in [4.69, 9.17) is 0 Å². The van der Waals surface area contributed by atoms with Crippen molar-refractivity contribution in [2.24, 2.45) is 5.92 Å². The second kappa shape index (κ2) is 4.73. The van der Waals surface area contributed by atoms with Gasteiger partial charge in [-0.25, -0.2) is 0 Å². The Morgan fingerprint density at radius 3 is 2.40 bits per heavy atom. The van der Waals surface area contributed by atoms with Crippen LogP contribution in [0.5, 0.6) is 0 Å². The van der Waals surface area contributed by atoms with Gasteiger partial charge in [-0.15, -0.1) is 0 Å². The standard InChI is InChI=1S/C12H15NO2/c1-8-6-4-5-7-11(8)13-12(15)9(2)10(3)14/h4-7,9H,1-3H3,(H,13,15). The van der Waals surface area contributed by atoms with Crippen LogP contribution in [0.2, 0.25) is 0 Å². The number of hydrogen-bond acceptors (Lipinski definition) is 2. The van der Waals surface area contributed by atoms with Crippen LogP contribution in [0.25, 0.3) is 0 Å². The number of rotatable bonds is 3. The lowest BCUT2D eigenvalue weighted by atomic mass is 10.1. The van der Waals surface area contributed by atoms with Gasteiger partial charge in [0.15, 0.2) is 0 Å². The highest BCUT2D eigenvalue weighted by Gasteiger charge is 2.17. The molecule has 15 heavy (non-hydrogen) atoms. The molecule has 1 atom stereocenters. The summed E-state index contributed by atoms with van der Waals surface area (Å²) in [6, 6.07) is 7.48. The van der Waals surface area contributed by atoms with Gasteiger partial charge in [0.05, 0.1) is 5.92 Å². The molecule has 1 unspecified atom stereocenters. The van der Waals surface area contributed by atoms with Gasteiger partial charge in [0.25, 0.3) is 0 Å². The number of para-hydroxylation sites is 1. The van der Waals surface area contributed by atoms with Crippen LogP contribution in [0.15, 0.2) is 24.3 Å². The number of carbonyl (C=O) groups is 2. The zero-order valence-electron chi connectivity index (χ0n) is 9.20. The summed E-state index contributed by atoms with van der Waals surface area (Å²) in [6.07, 6.45) is 0. The first-order chi connectivity index (χ1) is 7.02. The minimum atomic E-state index is -0.593. The zero-order valence-corrected chi connectivity index (χ0v) is 9.20. The predicted molar refractivity (Wildman–Crippen MR) is 59.7 cm³/mol. The van der Waals surface area contributed by atoms with E-state index in [1.165, 1.54) is 6.92 Å². The van der Waals surface area contributed by atoms with Gasteiger partial charge < -0.3 is 5.32 Å². The quantitative estimate of drug-likeness (QED) is 0.768. The number of amides is 1. The number of benzene rings is 1. The molecule has 0 heterocycles. The Morgan fingerprint density at radius 2 is 1.87 bits per heavy atom. The highest BCUT2D eigenvalue weighted by atomic mass is 16.2. The predicted octanol–water partition coefficient (Wildman–Crippen LogP) is 2.16. The Bertz CT molecular complexity index is 385. The maximum Gasteiger partial charge on any atom is 0.234 e. The van der Waals surface area contributed by atoms with E-state index in [9.17, 15) is 9.59 Å². The van der Waals surface area contributed by atoms with Crippen molar-refractivity contribution in [3.63, 3.8) is 0 Å². The minimum Gasteiger partial charge on any atom is -0.325 e. The monoisotopic (exact) mass is 205 g/mol. The molecular weight excluding hydrogens is 190 g/mol. The molecule has 1 N–H and O–H groups in total. The Hall–Kier alpha value is -1.64. The summed E-state index contributed by atoms with van der Waals surface area (Å²) in [6.45, 7) is 4.94. The lowest BCUT2D eigenvalue weighted by Gasteiger charge is -2.10. The number of Topliss-reactive ketones (excluding diaryl/α,β-unsaturated/α-hetero) is 1. The molecule has 0 aliphatic heterocycles. The fourth-order valence-corrected chi connectivity index (χ4v) is 1.14. The van der Waals surface area contributed by atoms with Crippen LogP contribution in [0.4, 0.5) is 5.69 Å². The summed E-state index contributed by atoms with van der Waals surface area (Å²) in [5, 5.41) is 2.73. The second-order valence-electron chi connectivity index (χ2n) is 3.64. The maximum atomic E-state index is 11.6. The largest absolute Gasteiger partial charge is 0.325 e. The first-order valence-corrected chi connectivity index (χ1v) is 4.89. The Balaban J connectivity index is 2.75. The summed E-state index contributed by atoms with van der Waals surface area (Å²) in [5.74, 6) is -0.970. The molecule has 0 aliphatic rings. The Labute approximate surface area is 89.5 Å². The zero-order chi connectivity index (χ0) is 11.4. The number of aryl methyl sites for hydroxylation is 1. The topological polar surface area (TPSA) is 46.2 Å². The molecule has 1 aromatic rings. The number of carbonyl (C=O) groups excluding carboxylic acids is 2. The van der Waals surface area contributed by atoms with E-state index < -0.39 is 5.92 Å². The first-order valence-electron chi connectivity index (χ1n) is 4.89. The molecule has 0 saturated carbocycles. The molecule has 0 radical (unpaired) electrons. The number of ketones is 1. The molecular formula is C12H15NO2. The lowest BCUT2D eigenvalue weighted by molar-refractivity contribution is -0.129. The van der Waals surface area contributed by atoms with Crippen molar-refractivity contribution in [3.8, 4) is 0 Å². The molecule has 3 heteroatoms.